The van der Waals surface area contributed by atoms with Gasteiger partial charge in [0.05, 0.1) is 28.0 Å². The van der Waals surface area contributed by atoms with Crippen LogP contribution in [-0.4, -0.2) is 75.4 Å². The smallest absolute Gasteiger partial charge is 0.324 e. The Morgan fingerprint density at radius 2 is 1.80 bits per heavy atom. The van der Waals surface area contributed by atoms with E-state index in [1.165, 1.54) is 11.8 Å². The summed E-state index contributed by atoms with van der Waals surface area (Å²) in [4.78, 5) is 30.9. The minimum atomic E-state index is -0.739. The van der Waals surface area contributed by atoms with Crippen molar-refractivity contribution in [2.24, 2.45) is 11.5 Å². The van der Waals surface area contributed by atoms with Crippen molar-refractivity contribution in [1.82, 2.24) is 4.90 Å². The monoisotopic (exact) mass is 607 g/mol. The third kappa shape index (κ3) is 10.0. The van der Waals surface area contributed by atoms with Gasteiger partial charge in [0, 0.05) is 39.2 Å². The highest BCUT2D eigenvalue weighted by molar-refractivity contribution is 6.43. The van der Waals surface area contributed by atoms with E-state index < -0.39 is 12.0 Å². The zero-order valence-electron chi connectivity index (χ0n) is 24.1. The minimum absolute atomic E-state index is 0.209. The number of benzene rings is 2. The molecule has 0 aliphatic carbocycles. The van der Waals surface area contributed by atoms with Gasteiger partial charge < -0.3 is 25.8 Å². The van der Waals surface area contributed by atoms with Crippen LogP contribution in [0.1, 0.15) is 44.6 Å². The molecule has 0 radical (unpaired) electrons. The van der Waals surface area contributed by atoms with Gasteiger partial charge in [0.2, 0.25) is 5.91 Å². The summed E-state index contributed by atoms with van der Waals surface area (Å²) in [6.45, 7) is 8.99. The van der Waals surface area contributed by atoms with Gasteiger partial charge in [0.1, 0.15) is 11.8 Å². The Hall–Kier alpha value is -2.56. The molecule has 1 saturated heterocycles. The van der Waals surface area contributed by atoms with Gasteiger partial charge in [-0.05, 0) is 69.5 Å². The molecule has 1 aliphatic rings. The molecule has 0 spiro atoms. The first kappa shape index (κ1) is 32.9. The van der Waals surface area contributed by atoms with Crippen molar-refractivity contribution in [2.75, 3.05) is 62.4 Å². The average molecular weight is 609 g/mol. The SMILES string of the molecule is CC(=O)N(COC(=O)C(N)CCCCN)c1cc(OCCCCN2CCN(c3cccc(Cl)c3Cl)CC2)ccc1C. The molecular weight excluding hydrogens is 565 g/mol. The number of anilines is 2. The van der Waals surface area contributed by atoms with Crippen LogP contribution >= 0.6 is 23.2 Å². The number of amides is 1. The summed E-state index contributed by atoms with van der Waals surface area (Å²) in [7, 11) is 0. The molecule has 4 N–H and O–H groups in total. The van der Waals surface area contributed by atoms with Crippen LogP contribution in [0.5, 0.6) is 5.75 Å². The maximum Gasteiger partial charge on any atom is 0.324 e. The van der Waals surface area contributed by atoms with E-state index in [0.717, 1.165) is 69.7 Å². The zero-order chi connectivity index (χ0) is 29.8. The van der Waals surface area contributed by atoms with Crippen LogP contribution in [0.4, 0.5) is 11.4 Å². The fourth-order valence-electron chi connectivity index (χ4n) is 4.74. The number of aryl methyl sites for hydroxylation is 1. The molecule has 1 heterocycles. The largest absolute Gasteiger partial charge is 0.494 e. The van der Waals surface area contributed by atoms with Gasteiger partial charge in [0.25, 0.3) is 0 Å². The van der Waals surface area contributed by atoms with Crippen molar-refractivity contribution in [3.05, 3.63) is 52.0 Å². The molecule has 0 aromatic heterocycles. The van der Waals surface area contributed by atoms with Crippen LogP contribution in [0.3, 0.4) is 0 Å². The fourth-order valence-corrected chi connectivity index (χ4v) is 5.15. The first-order chi connectivity index (χ1) is 19.7. The minimum Gasteiger partial charge on any atom is -0.494 e. The lowest BCUT2D eigenvalue weighted by Gasteiger charge is -2.36. The number of halogens is 2. The molecule has 2 aromatic rings. The quantitative estimate of drug-likeness (QED) is 0.172. The first-order valence-electron chi connectivity index (χ1n) is 14.3. The Labute approximate surface area is 253 Å². The van der Waals surface area contributed by atoms with Gasteiger partial charge in [-0.25, -0.2) is 0 Å². The summed E-state index contributed by atoms with van der Waals surface area (Å²) in [5.41, 5.74) is 13.9. The average Bonchev–Trinajstić information content (AvgIpc) is 2.96. The number of ether oxygens (including phenoxy) is 2. The second-order valence-corrected chi connectivity index (χ2v) is 11.1. The van der Waals surface area contributed by atoms with E-state index in [9.17, 15) is 9.59 Å². The van der Waals surface area contributed by atoms with E-state index in [2.05, 4.69) is 9.80 Å². The maximum absolute atomic E-state index is 12.4. The number of hydrogen-bond donors (Lipinski definition) is 2. The molecule has 1 unspecified atom stereocenters. The van der Waals surface area contributed by atoms with Crippen LogP contribution in [0.25, 0.3) is 0 Å². The summed E-state index contributed by atoms with van der Waals surface area (Å²) >= 11 is 12.6. The summed E-state index contributed by atoms with van der Waals surface area (Å²) in [5.74, 6) is -0.117. The topological polar surface area (TPSA) is 114 Å². The van der Waals surface area contributed by atoms with Gasteiger partial charge in [-0.3, -0.25) is 19.4 Å². The molecular formula is C30H43Cl2N5O4. The Morgan fingerprint density at radius 3 is 2.51 bits per heavy atom. The van der Waals surface area contributed by atoms with Crippen LogP contribution in [0.2, 0.25) is 10.0 Å². The normalized spacial score (nSPS) is 14.5. The van der Waals surface area contributed by atoms with Crippen LogP contribution in [0, 0.1) is 6.92 Å². The van der Waals surface area contributed by atoms with Crippen molar-refractivity contribution in [1.29, 1.82) is 0 Å². The van der Waals surface area contributed by atoms with Crippen LogP contribution < -0.4 is 26.0 Å². The number of esters is 1. The molecule has 3 rings (SSSR count). The predicted molar refractivity (Wildman–Crippen MR) is 166 cm³/mol. The molecule has 1 fully saturated rings. The zero-order valence-corrected chi connectivity index (χ0v) is 25.6. The number of hydrogen-bond acceptors (Lipinski definition) is 8. The Bertz CT molecular complexity index is 1140. The lowest BCUT2D eigenvalue weighted by Crippen LogP contribution is -2.46. The van der Waals surface area contributed by atoms with Crippen molar-refractivity contribution < 1.29 is 19.1 Å². The van der Waals surface area contributed by atoms with E-state index in [-0.39, 0.29) is 12.6 Å². The molecule has 9 nitrogen and oxygen atoms in total. The fraction of sp³-hybridized carbons (Fsp3) is 0.533. The second kappa shape index (κ2) is 16.8. The summed E-state index contributed by atoms with van der Waals surface area (Å²) in [5, 5.41) is 1.20. The van der Waals surface area contributed by atoms with E-state index >= 15 is 0 Å². The van der Waals surface area contributed by atoms with E-state index in [1.54, 1.807) is 0 Å². The number of rotatable bonds is 15. The Kier molecular flexibility index (Phi) is 13.5. The number of carbonyl (C=O) groups is 2. The van der Waals surface area contributed by atoms with Gasteiger partial charge in [-0.15, -0.1) is 0 Å². The number of unbranched alkanes of at least 4 members (excludes halogenated alkanes) is 2. The summed E-state index contributed by atoms with van der Waals surface area (Å²) in [6, 6.07) is 10.6. The first-order valence-corrected chi connectivity index (χ1v) is 15.0. The Balaban J connectivity index is 1.42. The molecule has 1 aliphatic heterocycles. The lowest BCUT2D eigenvalue weighted by atomic mass is 10.1. The molecule has 11 heteroatoms. The maximum atomic E-state index is 12.4. The number of piperazine rings is 1. The molecule has 41 heavy (non-hydrogen) atoms. The molecule has 2 aromatic carbocycles. The number of carbonyl (C=O) groups excluding carboxylic acids is 2. The van der Waals surface area contributed by atoms with Crippen LogP contribution in [0.15, 0.2) is 36.4 Å². The predicted octanol–water partition coefficient (Wildman–Crippen LogP) is 4.59. The standard InChI is InChI=1S/C30H43Cl2N5O4/c1-22-11-12-24(20-28(22)37(23(2)38)21-41-30(39)26(34)9-3-4-13-33)40-19-6-5-14-35-15-17-36(18-16-35)27-10-7-8-25(31)29(27)32/h7-8,10-12,20,26H,3-6,9,13-19,21,33-34H2,1-2H3. The summed E-state index contributed by atoms with van der Waals surface area (Å²) < 4.78 is 11.4. The highest BCUT2D eigenvalue weighted by atomic mass is 35.5. The molecule has 1 atom stereocenters. The van der Waals surface area contributed by atoms with Crippen molar-refractivity contribution in [3.63, 3.8) is 0 Å². The number of nitrogens with zero attached hydrogens (tertiary/aromatic N) is 3. The summed E-state index contributed by atoms with van der Waals surface area (Å²) in [6.07, 6.45) is 3.95. The van der Waals surface area contributed by atoms with Gasteiger partial charge >= 0.3 is 5.97 Å². The van der Waals surface area contributed by atoms with E-state index in [1.807, 2.05) is 43.3 Å². The van der Waals surface area contributed by atoms with Crippen molar-refractivity contribution in [2.45, 2.75) is 52.0 Å². The van der Waals surface area contributed by atoms with E-state index in [0.29, 0.717) is 41.1 Å². The van der Waals surface area contributed by atoms with Gasteiger partial charge in [-0.2, -0.15) is 0 Å². The van der Waals surface area contributed by atoms with Gasteiger partial charge in [-0.1, -0.05) is 41.8 Å². The van der Waals surface area contributed by atoms with Gasteiger partial charge in [0.15, 0.2) is 6.73 Å². The molecule has 1 amide bonds. The van der Waals surface area contributed by atoms with Crippen LogP contribution in [-0.2, 0) is 14.3 Å². The third-order valence-corrected chi connectivity index (χ3v) is 8.05. The Morgan fingerprint density at radius 1 is 1.05 bits per heavy atom. The highest BCUT2D eigenvalue weighted by Gasteiger charge is 2.21. The second-order valence-electron chi connectivity index (χ2n) is 10.3. The van der Waals surface area contributed by atoms with Crippen molar-refractivity contribution in [3.8, 4) is 5.75 Å². The molecule has 0 bridgehead atoms. The third-order valence-electron chi connectivity index (χ3n) is 7.24. The molecule has 0 saturated carbocycles. The highest BCUT2D eigenvalue weighted by Crippen LogP contribution is 2.33. The van der Waals surface area contributed by atoms with Crippen molar-refractivity contribution >= 4 is 46.5 Å². The van der Waals surface area contributed by atoms with E-state index in [4.69, 9.17) is 44.1 Å². The lowest BCUT2D eigenvalue weighted by molar-refractivity contribution is -0.145. The number of nitrogens with two attached hydrogens (primary N) is 2. The molecule has 226 valence electrons.